The molecule has 0 unspecified atom stereocenters. The zero-order valence-electron chi connectivity index (χ0n) is 12.9. The molecule has 0 radical (unpaired) electrons. The van der Waals surface area contributed by atoms with Gasteiger partial charge in [-0.15, -0.1) is 0 Å². The Hall–Kier alpha value is -2.04. The summed E-state index contributed by atoms with van der Waals surface area (Å²) in [7, 11) is 0. The highest BCUT2D eigenvalue weighted by molar-refractivity contribution is 6.35. The molecule has 1 N–H and O–H groups in total. The first-order valence-corrected chi connectivity index (χ1v) is 8.24. The van der Waals surface area contributed by atoms with E-state index in [-0.39, 0.29) is 18.1 Å². The summed E-state index contributed by atoms with van der Waals surface area (Å²) in [5.74, 6) is -0.983. The van der Waals surface area contributed by atoms with E-state index in [9.17, 15) is 9.59 Å². The van der Waals surface area contributed by atoms with Crippen LogP contribution in [0.25, 0.3) is 0 Å². The standard InChI is InChI=1S/C18H17Cl2NO3/c19-15-9-14(10-16(20)11-15)18(23)24-12-17(22)21-8-4-7-13-5-2-1-3-6-13/h1-3,5-6,9-11H,4,7-8,12H2,(H,21,22). The van der Waals surface area contributed by atoms with Crippen molar-refractivity contribution < 1.29 is 14.3 Å². The van der Waals surface area contributed by atoms with Gasteiger partial charge in [-0.05, 0) is 36.6 Å². The van der Waals surface area contributed by atoms with Crippen LogP contribution in [0.3, 0.4) is 0 Å². The van der Waals surface area contributed by atoms with Crippen LogP contribution < -0.4 is 5.32 Å². The van der Waals surface area contributed by atoms with E-state index >= 15 is 0 Å². The van der Waals surface area contributed by atoms with Gasteiger partial charge in [0, 0.05) is 16.6 Å². The molecule has 4 nitrogen and oxygen atoms in total. The number of hydrogen-bond donors (Lipinski definition) is 1. The maximum atomic E-state index is 11.8. The summed E-state index contributed by atoms with van der Waals surface area (Å²) in [6.45, 7) is 0.183. The van der Waals surface area contributed by atoms with Crippen molar-refractivity contribution in [3.63, 3.8) is 0 Å². The third-order valence-corrected chi connectivity index (χ3v) is 3.68. The molecule has 2 aromatic carbocycles. The summed E-state index contributed by atoms with van der Waals surface area (Å²) in [6.07, 6.45) is 1.69. The molecule has 0 aliphatic carbocycles. The lowest BCUT2D eigenvalue weighted by Crippen LogP contribution is -2.29. The first kappa shape index (κ1) is 18.3. The lowest BCUT2D eigenvalue weighted by atomic mass is 10.1. The van der Waals surface area contributed by atoms with Gasteiger partial charge in [0.15, 0.2) is 6.61 Å². The first-order chi connectivity index (χ1) is 11.5. The monoisotopic (exact) mass is 365 g/mol. The highest BCUT2D eigenvalue weighted by Gasteiger charge is 2.11. The van der Waals surface area contributed by atoms with Gasteiger partial charge in [-0.3, -0.25) is 4.79 Å². The summed E-state index contributed by atoms with van der Waals surface area (Å²) >= 11 is 11.6. The Labute approximate surface area is 150 Å². The van der Waals surface area contributed by atoms with E-state index in [1.54, 1.807) is 0 Å². The summed E-state index contributed by atoms with van der Waals surface area (Å²) in [5.41, 5.74) is 1.43. The highest BCUT2D eigenvalue weighted by Crippen LogP contribution is 2.19. The van der Waals surface area contributed by atoms with Gasteiger partial charge in [0.1, 0.15) is 0 Å². The molecule has 24 heavy (non-hydrogen) atoms. The molecule has 0 atom stereocenters. The predicted molar refractivity (Wildman–Crippen MR) is 94.5 cm³/mol. The average molecular weight is 366 g/mol. The van der Waals surface area contributed by atoms with Crippen LogP contribution in [0, 0.1) is 0 Å². The van der Waals surface area contributed by atoms with E-state index in [1.165, 1.54) is 23.8 Å². The van der Waals surface area contributed by atoms with Crippen molar-refractivity contribution in [3.8, 4) is 0 Å². The SMILES string of the molecule is O=C(COC(=O)c1cc(Cl)cc(Cl)c1)NCCCc1ccccc1. The molecule has 0 aliphatic rings. The molecule has 0 heterocycles. The molecule has 6 heteroatoms. The first-order valence-electron chi connectivity index (χ1n) is 7.48. The zero-order valence-corrected chi connectivity index (χ0v) is 14.4. The Bertz CT molecular complexity index is 684. The third kappa shape index (κ3) is 6.22. The largest absolute Gasteiger partial charge is 0.452 e. The van der Waals surface area contributed by atoms with E-state index < -0.39 is 5.97 Å². The number of esters is 1. The van der Waals surface area contributed by atoms with Crippen LogP contribution in [0.15, 0.2) is 48.5 Å². The minimum absolute atomic E-state index is 0.212. The number of aryl methyl sites for hydroxylation is 1. The fourth-order valence-corrected chi connectivity index (χ4v) is 2.63. The van der Waals surface area contributed by atoms with Gasteiger partial charge in [0.2, 0.25) is 0 Å². The number of nitrogens with one attached hydrogen (secondary N) is 1. The van der Waals surface area contributed by atoms with Gasteiger partial charge < -0.3 is 10.1 Å². The molecular weight excluding hydrogens is 349 g/mol. The van der Waals surface area contributed by atoms with E-state index in [0.29, 0.717) is 16.6 Å². The lowest BCUT2D eigenvalue weighted by Gasteiger charge is -2.07. The van der Waals surface area contributed by atoms with Crippen molar-refractivity contribution in [3.05, 3.63) is 69.7 Å². The van der Waals surface area contributed by atoms with Gasteiger partial charge in [0.25, 0.3) is 5.91 Å². The van der Waals surface area contributed by atoms with Gasteiger partial charge in [0.05, 0.1) is 5.56 Å². The Kier molecular flexibility index (Phi) is 7.09. The second-order valence-corrected chi connectivity index (χ2v) is 6.05. The zero-order chi connectivity index (χ0) is 17.4. The van der Waals surface area contributed by atoms with Crippen LogP contribution >= 0.6 is 23.2 Å². The molecule has 2 aromatic rings. The fraction of sp³-hybridized carbons (Fsp3) is 0.222. The molecular formula is C18H17Cl2NO3. The Morgan fingerprint density at radius 2 is 1.67 bits per heavy atom. The predicted octanol–water partition coefficient (Wildman–Crippen LogP) is 3.90. The Balaban J connectivity index is 1.68. The van der Waals surface area contributed by atoms with Crippen LogP contribution in [0.5, 0.6) is 0 Å². The quantitative estimate of drug-likeness (QED) is 0.597. The maximum absolute atomic E-state index is 11.8. The summed E-state index contributed by atoms with van der Waals surface area (Å²) in [4.78, 5) is 23.5. The van der Waals surface area contributed by atoms with Gasteiger partial charge in [-0.1, -0.05) is 53.5 Å². The van der Waals surface area contributed by atoms with Crippen molar-refractivity contribution >= 4 is 35.1 Å². The van der Waals surface area contributed by atoms with E-state index in [1.807, 2.05) is 30.3 Å². The molecule has 0 aliphatic heterocycles. The number of ether oxygens (including phenoxy) is 1. The Morgan fingerprint density at radius 1 is 1.00 bits per heavy atom. The summed E-state index contributed by atoms with van der Waals surface area (Å²) in [6, 6.07) is 14.4. The molecule has 2 rings (SSSR count). The molecule has 0 fully saturated rings. The topological polar surface area (TPSA) is 55.4 Å². The van der Waals surface area contributed by atoms with E-state index in [4.69, 9.17) is 27.9 Å². The van der Waals surface area contributed by atoms with Crippen molar-refractivity contribution in [1.29, 1.82) is 0 Å². The smallest absolute Gasteiger partial charge is 0.338 e. The minimum atomic E-state index is -0.640. The summed E-state index contributed by atoms with van der Waals surface area (Å²) in [5, 5.41) is 3.38. The lowest BCUT2D eigenvalue weighted by molar-refractivity contribution is -0.124. The third-order valence-electron chi connectivity index (χ3n) is 3.24. The number of hydrogen-bond acceptors (Lipinski definition) is 3. The number of amides is 1. The molecule has 0 aromatic heterocycles. The van der Waals surface area contributed by atoms with E-state index in [0.717, 1.165) is 12.8 Å². The molecule has 0 bridgehead atoms. The second kappa shape index (κ2) is 9.30. The van der Waals surface area contributed by atoms with Gasteiger partial charge in [-0.2, -0.15) is 0 Å². The fourth-order valence-electron chi connectivity index (χ4n) is 2.10. The average Bonchev–Trinajstić information content (AvgIpc) is 2.56. The van der Waals surface area contributed by atoms with Crippen molar-refractivity contribution in [1.82, 2.24) is 5.32 Å². The molecule has 1 amide bonds. The second-order valence-electron chi connectivity index (χ2n) is 5.17. The molecule has 126 valence electrons. The van der Waals surface area contributed by atoms with Crippen LogP contribution in [0.2, 0.25) is 10.0 Å². The van der Waals surface area contributed by atoms with Gasteiger partial charge in [-0.25, -0.2) is 4.79 Å². The number of carbonyl (C=O) groups is 2. The number of benzene rings is 2. The minimum Gasteiger partial charge on any atom is -0.452 e. The number of halogens is 2. The molecule has 0 saturated heterocycles. The summed E-state index contributed by atoms with van der Waals surface area (Å²) < 4.78 is 4.95. The van der Waals surface area contributed by atoms with Crippen molar-refractivity contribution in [2.24, 2.45) is 0 Å². The number of carbonyl (C=O) groups excluding carboxylic acids is 2. The molecule has 0 spiro atoms. The van der Waals surface area contributed by atoms with Crippen LogP contribution in [-0.2, 0) is 16.0 Å². The maximum Gasteiger partial charge on any atom is 0.338 e. The Morgan fingerprint density at radius 3 is 2.33 bits per heavy atom. The van der Waals surface area contributed by atoms with Crippen LogP contribution in [-0.4, -0.2) is 25.0 Å². The van der Waals surface area contributed by atoms with Crippen LogP contribution in [0.1, 0.15) is 22.3 Å². The molecule has 0 saturated carbocycles. The van der Waals surface area contributed by atoms with Crippen molar-refractivity contribution in [2.75, 3.05) is 13.2 Å². The van der Waals surface area contributed by atoms with Crippen molar-refractivity contribution in [2.45, 2.75) is 12.8 Å². The van der Waals surface area contributed by atoms with E-state index in [2.05, 4.69) is 5.32 Å². The van der Waals surface area contributed by atoms with Gasteiger partial charge >= 0.3 is 5.97 Å². The number of rotatable bonds is 7. The van der Waals surface area contributed by atoms with Crippen LogP contribution in [0.4, 0.5) is 0 Å². The highest BCUT2D eigenvalue weighted by atomic mass is 35.5. The normalized spacial score (nSPS) is 10.2.